The summed E-state index contributed by atoms with van der Waals surface area (Å²) in [5.74, 6) is 1.56. The highest BCUT2D eigenvalue weighted by Gasteiger charge is 1.98. The molecule has 4 nitrogen and oxygen atoms in total. The molecule has 4 heteroatoms. The van der Waals surface area contributed by atoms with E-state index in [2.05, 4.69) is 0 Å². The van der Waals surface area contributed by atoms with Crippen LogP contribution in [0.15, 0.2) is 47.4 Å². The van der Waals surface area contributed by atoms with Gasteiger partial charge in [-0.3, -0.25) is 4.79 Å². The molecule has 0 aliphatic rings. The molecule has 100 valence electrons. The lowest BCUT2D eigenvalue weighted by atomic mass is 10.3. The molecule has 1 heterocycles. The van der Waals surface area contributed by atoms with Crippen molar-refractivity contribution >= 4 is 0 Å². The number of ether oxygens (including phenoxy) is 2. The highest BCUT2D eigenvalue weighted by molar-refractivity contribution is 5.31. The molecule has 0 atom stereocenters. The minimum atomic E-state index is -0.00155. The fourth-order valence-corrected chi connectivity index (χ4v) is 1.73. The topological polar surface area (TPSA) is 40.5 Å². The van der Waals surface area contributed by atoms with Crippen LogP contribution in [0.5, 0.6) is 11.5 Å². The molecule has 2 aromatic rings. The average Bonchev–Trinajstić information content (AvgIpc) is 2.42. The summed E-state index contributed by atoms with van der Waals surface area (Å²) in [7, 11) is 1.62. The van der Waals surface area contributed by atoms with E-state index in [1.165, 1.54) is 0 Å². The Balaban J connectivity index is 1.90. The lowest BCUT2D eigenvalue weighted by molar-refractivity contribution is 0.295. The van der Waals surface area contributed by atoms with Crippen LogP contribution in [0.4, 0.5) is 0 Å². The lowest BCUT2D eigenvalue weighted by Crippen LogP contribution is -2.21. The van der Waals surface area contributed by atoms with E-state index in [0.717, 1.165) is 17.1 Å². The van der Waals surface area contributed by atoms with E-state index in [1.807, 2.05) is 37.3 Å². The molecule has 0 amide bonds. The first-order chi connectivity index (χ1) is 9.19. The van der Waals surface area contributed by atoms with Gasteiger partial charge < -0.3 is 14.0 Å². The van der Waals surface area contributed by atoms with Crippen molar-refractivity contribution in [3.05, 3.63) is 58.5 Å². The van der Waals surface area contributed by atoms with Crippen LogP contribution >= 0.6 is 0 Å². The number of aromatic nitrogens is 1. The van der Waals surface area contributed by atoms with Gasteiger partial charge in [-0.2, -0.15) is 0 Å². The number of benzene rings is 1. The van der Waals surface area contributed by atoms with Gasteiger partial charge in [0.05, 0.1) is 13.7 Å². The molecule has 0 saturated heterocycles. The Labute approximate surface area is 112 Å². The van der Waals surface area contributed by atoms with Gasteiger partial charge in [0.15, 0.2) is 0 Å². The third-order valence-electron chi connectivity index (χ3n) is 2.81. The second-order valence-corrected chi connectivity index (χ2v) is 4.26. The number of aryl methyl sites for hydroxylation is 1. The highest BCUT2D eigenvalue weighted by atomic mass is 16.5. The summed E-state index contributed by atoms with van der Waals surface area (Å²) in [4.78, 5) is 11.7. The van der Waals surface area contributed by atoms with E-state index < -0.39 is 0 Å². The number of hydrogen-bond donors (Lipinski definition) is 0. The lowest BCUT2D eigenvalue weighted by Gasteiger charge is -2.09. The zero-order chi connectivity index (χ0) is 13.7. The van der Waals surface area contributed by atoms with Crippen LogP contribution in [0, 0.1) is 6.92 Å². The largest absolute Gasteiger partial charge is 0.497 e. The summed E-state index contributed by atoms with van der Waals surface area (Å²) in [6, 6.07) is 10.9. The van der Waals surface area contributed by atoms with E-state index in [0.29, 0.717) is 13.2 Å². The van der Waals surface area contributed by atoms with Gasteiger partial charge in [0.2, 0.25) is 0 Å². The summed E-state index contributed by atoms with van der Waals surface area (Å²) in [5.41, 5.74) is 0.968. The summed E-state index contributed by atoms with van der Waals surface area (Å²) in [5, 5.41) is 0. The molecule has 0 bridgehead atoms. The fourth-order valence-electron chi connectivity index (χ4n) is 1.73. The number of methoxy groups -OCH3 is 1. The smallest absolute Gasteiger partial charge is 0.250 e. The first-order valence-corrected chi connectivity index (χ1v) is 6.13. The Morgan fingerprint density at radius 1 is 1.11 bits per heavy atom. The fraction of sp³-hybridized carbons (Fsp3) is 0.267. The Bertz CT molecular complexity index is 587. The quantitative estimate of drug-likeness (QED) is 0.826. The van der Waals surface area contributed by atoms with Crippen LogP contribution in [0.2, 0.25) is 0 Å². The van der Waals surface area contributed by atoms with E-state index in [4.69, 9.17) is 9.47 Å². The molecular formula is C15H17NO3. The molecule has 0 fully saturated rings. The van der Waals surface area contributed by atoms with Gasteiger partial charge in [-0.1, -0.05) is 0 Å². The number of pyridine rings is 1. The zero-order valence-corrected chi connectivity index (χ0v) is 11.1. The SMILES string of the molecule is COc1ccc(OCCn2ccc(C)cc2=O)cc1. The maximum atomic E-state index is 11.7. The molecule has 0 aliphatic heterocycles. The van der Waals surface area contributed by atoms with Crippen LogP contribution in [0.1, 0.15) is 5.56 Å². The summed E-state index contributed by atoms with van der Waals surface area (Å²) < 4.78 is 12.3. The standard InChI is InChI=1S/C15H17NO3/c1-12-7-8-16(15(17)11-12)9-10-19-14-5-3-13(18-2)4-6-14/h3-8,11H,9-10H2,1-2H3. The zero-order valence-electron chi connectivity index (χ0n) is 11.1. The van der Waals surface area contributed by atoms with Gasteiger partial charge in [0.25, 0.3) is 5.56 Å². The van der Waals surface area contributed by atoms with Crippen molar-refractivity contribution in [1.29, 1.82) is 0 Å². The number of rotatable bonds is 5. The molecular weight excluding hydrogens is 242 g/mol. The van der Waals surface area contributed by atoms with E-state index in [9.17, 15) is 4.79 Å². The molecule has 0 unspecified atom stereocenters. The van der Waals surface area contributed by atoms with Gasteiger partial charge >= 0.3 is 0 Å². The maximum Gasteiger partial charge on any atom is 0.250 e. The van der Waals surface area contributed by atoms with Gasteiger partial charge in [-0.25, -0.2) is 0 Å². The molecule has 0 saturated carbocycles. The van der Waals surface area contributed by atoms with Crippen LogP contribution in [-0.2, 0) is 6.54 Å². The third-order valence-corrected chi connectivity index (χ3v) is 2.81. The molecule has 0 aliphatic carbocycles. The minimum Gasteiger partial charge on any atom is -0.497 e. The van der Waals surface area contributed by atoms with Crippen LogP contribution in [0.25, 0.3) is 0 Å². The third kappa shape index (κ3) is 3.61. The Morgan fingerprint density at radius 3 is 2.42 bits per heavy atom. The molecule has 0 spiro atoms. The number of hydrogen-bond acceptors (Lipinski definition) is 3. The van der Waals surface area contributed by atoms with Crippen molar-refractivity contribution in [2.45, 2.75) is 13.5 Å². The van der Waals surface area contributed by atoms with Gasteiger partial charge in [0.1, 0.15) is 18.1 Å². The van der Waals surface area contributed by atoms with Crippen molar-refractivity contribution in [2.75, 3.05) is 13.7 Å². The van der Waals surface area contributed by atoms with Crippen molar-refractivity contribution in [1.82, 2.24) is 4.57 Å². The van der Waals surface area contributed by atoms with Crippen LogP contribution < -0.4 is 15.0 Å². The maximum absolute atomic E-state index is 11.7. The number of nitrogens with zero attached hydrogens (tertiary/aromatic N) is 1. The van der Waals surface area contributed by atoms with Crippen LogP contribution in [-0.4, -0.2) is 18.3 Å². The van der Waals surface area contributed by atoms with E-state index in [-0.39, 0.29) is 5.56 Å². The monoisotopic (exact) mass is 259 g/mol. The Morgan fingerprint density at radius 2 is 1.79 bits per heavy atom. The first kappa shape index (κ1) is 13.2. The predicted molar refractivity (Wildman–Crippen MR) is 73.9 cm³/mol. The molecule has 19 heavy (non-hydrogen) atoms. The van der Waals surface area contributed by atoms with Crippen molar-refractivity contribution < 1.29 is 9.47 Å². The van der Waals surface area contributed by atoms with Crippen LogP contribution in [0.3, 0.4) is 0 Å². The van der Waals surface area contributed by atoms with E-state index in [1.54, 1.807) is 23.9 Å². The van der Waals surface area contributed by atoms with Crippen molar-refractivity contribution in [3.8, 4) is 11.5 Å². The average molecular weight is 259 g/mol. The first-order valence-electron chi connectivity index (χ1n) is 6.13. The van der Waals surface area contributed by atoms with Crippen molar-refractivity contribution in [3.63, 3.8) is 0 Å². The normalized spacial score (nSPS) is 10.2. The second kappa shape index (κ2) is 6.09. The van der Waals surface area contributed by atoms with Gasteiger partial charge in [-0.05, 0) is 42.8 Å². The van der Waals surface area contributed by atoms with E-state index >= 15 is 0 Å². The van der Waals surface area contributed by atoms with Gasteiger partial charge in [-0.15, -0.1) is 0 Å². The molecule has 2 rings (SSSR count). The van der Waals surface area contributed by atoms with Gasteiger partial charge in [0, 0.05) is 12.3 Å². The summed E-state index contributed by atoms with van der Waals surface area (Å²) >= 11 is 0. The molecule has 0 N–H and O–H groups in total. The minimum absolute atomic E-state index is 0.00155. The highest BCUT2D eigenvalue weighted by Crippen LogP contribution is 2.16. The molecule has 1 aromatic carbocycles. The van der Waals surface area contributed by atoms with Crippen molar-refractivity contribution in [2.24, 2.45) is 0 Å². The second-order valence-electron chi connectivity index (χ2n) is 4.26. The predicted octanol–water partition coefficient (Wildman–Crippen LogP) is 2.24. The summed E-state index contributed by atoms with van der Waals surface area (Å²) in [6.45, 7) is 2.89. The Hall–Kier alpha value is -2.23. The molecule has 0 radical (unpaired) electrons. The Kier molecular flexibility index (Phi) is 4.23. The molecule has 1 aromatic heterocycles. The summed E-state index contributed by atoms with van der Waals surface area (Å²) in [6.07, 6.45) is 1.79.